The zero-order valence-electron chi connectivity index (χ0n) is 17.9. The van der Waals surface area contributed by atoms with Crippen LogP contribution < -0.4 is 21.7 Å². The van der Waals surface area contributed by atoms with Crippen molar-refractivity contribution in [1.82, 2.24) is 16.0 Å². The smallest absolute Gasteiger partial charge is 0.326 e. The van der Waals surface area contributed by atoms with Crippen molar-refractivity contribution in [3.05, 3.63) is 0 Å². The van der Waals surface area contributed by atoms with E-state index in [1.54, 1.807) is 0 Å². The van der Waals surface area contributed by atoms with Gasteiger partial charge in [-0.3, -0.25) is 9.59 Å². The molecule has 0 aliphatic carbocycles. The molecular formula is C19H38N4O5S. The molecule has 29 heavy (non-hydrogen) atoms. The normalized spacial score (nSPS) is 17.5. The molecule has 7 N–H and O–H groups in total. The lowest BCUT2D eigenvalue weighted by molar-refractivity contribution is -0.142. The Hall–Kier alpha value is -1.36. The molecule has 0 saturated heterocycles. The number of hydrogen-bond donors (Lipinski definition) is 7. The number of rotatable bonds is 15. The molecule has 0 aliphatic heterocycles. The van der Waals surface area contributed by atoms with Crippen LogP contribution in [0.2, 0.25) is 0 Å². The van der Waals surface area contributed by atoms with E-state index < -0.39 is 30.0 Å². The number of nitrogens with two attached hydrogens (primary N) is 1. The predicted octanol–water partition coefficient (Wildman–Crippen LogP) is -0.269. The number of carbonyl (C=O) groups excluding carboxylic acids is 2. The molecule has 0 bridgehead atoms. The van der Waals surface area contributed by atoms with Crippen LogP contribution in [-0.4, -0.2) is 71.1 Å². The van der Waals surface area contributed by atoms with E-state index in [9.17, 15) is 19.5 Å². The number of aliphatic hydroxyl groups excluding tert-OH is 1. The Morgan fingerprint density at radius 3 is 2.07 bits per heavy atom. The molecule has 2 amide bonds. The topological polar surface area (TPSA) is 154 Å². The summed E-state index contributed by atoms with van der Waals surface area (Å²) in [7, 11) is 0. The van der Waals surface area contributed by atoms with E-state index in [0.29, 0.717) is 13.0 Å². The molecule has 0 radical (unpaired) electrons. The van der Waals surface area contributed by atoms with E-state index in [4.69, 9.17) is 10.8 Å². The summed E-state index contributed by atoms with van der Waals surface area (Å²) in [4.78, 5) is 36.2. The number of amides is 2. The highest BCUT2D eigenvalue weighted by Crippen LogP contribution is 2.12. The van der Waals surface area contributed by atoms with Crippen molar-refractivity contribution in [1.29, 1.82) is 0 Å². The van der Waals surface area contributed by atoms with Crippen molar-refractivity contribution >= 4 is 30.4 Å². The summed E-state index contributed by atoms with van der Waals surface area (Å²) in [6.07, 6.45) is 1.45. The van der Waals surface area contributed by atoms with Gasteiger partial charge in [0.15, 0.2) is 0 Å². The monoisotopic (exact) mass is 434 g/mol. The maximum Gasteiger partial charge on any atom is 0.326 e. The Balaban J connectivity index is 5.23. The number of carboxylic acid groups (broad SMARTS) is 1. The number of carboxylic acids is 1. The van der Waals surface area contributed by atoms with Gasteiger partial charge in [0.1, 0.15) is 6.04 Å². The van der Waals surface area contributed by atoms with Crippen molar-refractivity contribution in [2.75, 3.05) is 18.9 Å². The molecular weight excluding hydrogens is 396 g/mol. The lowest BCUT2D eigenvalue weighted by Gasteiger charge is -2.30. The highest BCUT2D eigenvalue weighted by molar-refractivity contribution is 7.80. The molecule has 0 heterocycles. The van der Waals surface area contributed by atoms with Gasteiger partial charge in [-0.15, -0.1) is 0 Å². The van der Waals surface area contributed by atoms with E-state index in [1.165, 1.54) is 0 Å². The summed E-state index contributed by atoms with van der Waals surface area (Å²) < 4.78 is 0. The van der Waals surface area contributed by atoms with Crippen LogP contribution in [0, 0.1) is 11.8 Å². The van der Waals surface area contributed by atoms with Crippen molar-refractivity contribution in [3.8, 4) is 0 Å². The molecule has 1 unspecified atom stereocenters. The van der Waals surface area contributed by atoms with Gasteiger partial charge in [0.05, 0.1) is 12.1 Å². The number of carbonyl (C=O) groups is 3. The second-order valence-electron chi connectivity index (χ2n) is 7.47. The first-order valence-electron chi connectivity index (χ1n) is 10.2. The molecule has 0 aromatic carbocycles. The Bertz CT molecular complexity index is 523. The minimum Gasteiger partial charge on any atom is -0.480 e. The lowest BCUT2D eigenvalue weighted by Crippen LogP contribution is -2.57. The van der Waals surface area contributed by atoms with Gasteiger partial charge in [0.2, 0.25) is 11.8 Å². The molecule has 6 atom stereocenters. The minimum absolute atomic E-state index is 0.0634. The molecule has 0 fully saturated rings. The second-order valence-corrected chi connectivity index (χ2v) is 7.84. The van der Waals surface area contributed by atoms with E-state index >= 15 is 0 Å². The van der Waals surface area contributed by atoms with Gasteiger partial charge in [-0.2, -0.15) is 12.6 Å². The van der Waals surface area contributed by atoms with Crippen molar-refractivity contribution in [2.45, 2.75) is 71.1 Å². The van der Waals surface area contributed by atoms with Crippen molar-refractivity contribution < 1.29 is 24.6 Å². The molecule has 0 rings (SSSR count). The Morgan fingerprint density at radius 1 is 1.03 bits per heavy atom. The van der Waals surface area contributed by atoms with E-state index in [0.717, 1.165) is 6.42 Å². The highest BCUT2D eigenvalue weighted by atomic mass is 32.1. The zero-order valence-corrected chi connectivity index (χ0v) is 18.7. The van der Waals surface area contributed by atoms with Crippen LogP contribution in [0.1, 0.15) is 47.0 Å². The summed E-state index contributed by atoms with van der Waals surface area (Å²) in [5.74, 6) is -1.63. The number of thiol groups is 1. The maximum absolute atomic E-state index is 12.7. The van der Waals surface area contributed by atoms with Gasteiger partial charge < -0.3 is 31.9 Å². The van der Waals surface area contributed by atoms with Gasteiger partial charge in [-0.25, -0.2) is 4.79 Å². The van der Waals surface area contributed by atoms with Gasteiger partial charge >= 0.3 is 5.97 Å². The summed E-state index contributed by atoms with van der Waals surface area (Å²) in [5, 5.41) is 26.8. The Morgan fingerprint density at radius 2 is 1.62 bits per heavy atom. The molecule has 170 valence electrons. The summed E-state index contributed by atoms with van der Waals surface area (Å²) in [5.41, 5.74) is 5.74. The molecule has 0 aliphatic rings. The summed E-state index contributed by atoms with van der Waals surface area (Å²) in [6, 6.07) is -2.75. The first kappa shape index (κ1) is 27.6. The third-order valence-corrected chi connectivity index (χ3v) is 5.67. The largest absolute Gasteiger partial charge is 0.480 e. The molecule has 10 heteroatoms. The van der Waals surface area contributed by atoms with Crippen LogP contribution in [0.25, 0.3) is 0 Å². The molecule has 0 spiro atoms. The van der Waals surface area contributed by atoms with Crippen LogP contribution in [0.4, 0.5) is 0 Å². The first-order chi connectivity index (χ1) is 13.6. The fraction of sp³-hybridized carbons (Fsp3) is 0.842. The summed E-state index contributed by atoms with van der Waals surface area (Å²) >= 11 is 4.05. The molecule has 0 aromatic rings. The third kappa shape index (κ3) is 9.79. The molecule has 9 nitrogen and oxygen atoms in total. The third-order valence-electron chi connectivity index (χ3n) is 5.28. The minimum atomic E-state index is -1.19. The van der Waals surface area contributed by atoms with Crippen LogP contribution >= 0.6 is 12.6 Å². The summed E-state index contributed by atoms with van der Waals surface area (Å²) in [6.45, 7) is 7.83. The fourth-order valence-corrected chi connectivity index (χ4v) is 2.91. The van der Waals surface area contributed by atoms with Crippen LogP contribution in [0.3, 0.4) is 0 Å². The van der Waals surface area contributed by atoms with Gasteiger partial charge in [0, 0.05) is 31.4 Å². The van der Waals surface area contributed by atoms with Crippen LogP contribution in [0.5, 0.6) is 0 Å². The lowest BCUT2D eigenvalue weighted by atomic mass is 9.95. The van der Waals surface area contributed by atoms with Crippen molar-refractivity contribution in [3.63, 3.8) is 0 Å². The number of aliphatic hydroxyl groups is 1. The Kier molecular flexibility index (Phi) is 13.9. The van der Waals surface area contributed by atoms with Gasteiger partial charge in [-0.05, 0) is 11.8 Å². The predicted molar refractivity (Wildman–Crippen MR) is 116 cm³/mol. The standard InChI is InChI=1S/C19H38N4O5S/c1-5-11(3)15(23-17(25)13(20)10-29)9-21-16(12(4)6-2)18(26)22-14(7-8-24)19(27)28/h11-16,21,24,29H,5-10,20H2,1-4H3,(H,22,26)(H,23,25)(H,27,28)/t11?,12-,13-,14-,15+,16-/m0/s1. The number of hydrogen-bond acceptors (Lipinski definition) is 7. The average Bonchev–Trinajstić information content (AvgIpc) is 2.70. The zero-order chi connectivity index (χ0) is 22.6. The quantitative estimate of drug-likeness (QED) is 0.175. The van der Waals surface area contributed by atoms with Crippen molar-refractivity contribution in [2.24, 2.45) is 17.6 Å². The van der Waals surface area contributed by atoms with Gasteiger partial charge in [-0.1, -0.05) is 40.5 Å². The van der Waals surface area contributed by atoms with E-state index in [1.807, 2.05) is 27.7 Å². The van der Waals surface area contributed by atoms with E-state index in [2.05, 4.69) is 28.6 Å². The van der Waals surface area contributed by atoms with Crippen LogP contribution in [0.15, 0.2) is 0 Å². The fourth-order valence-electron chi connectivity index (χ4n) is 2.74. The first-order valence-corrected chi connectivity index (χ1v) is 10.8. The number of nitrogens with one attached hydrogen (secondary N) is 3. The van der Waals surface area contributed by atoms with Crippen LogP contribution in [-0.2, 0) is 14.4 Å². The highest BCUT2D eigenvalue weighted by Gasteiger charge is 2.30. The SMILES string of the molecule is CCC(C)[C@@H](CN[C@H](C(=O)N[C@@H](CCO)C(=O)O)[C@@H](C)CC)NC(=O)[C@@H](N)CS. The second kappa shape index (κ2) is 14.6. The number of aliphatic carboxylic acids is 1. The van der Waals surface area contributed by atoms with Gasteiger partial charge in [0.25, 0.3) is 0 Å². The molecule has 0 aromatic heterocycles. The average molecular weight is 435 g/mol. The molecule has 0 saturated carbocycles. The maximum atomic E-state index is 12.7. The van der Waals surface area contributed by atoms with E-state index in [-0.39, 0.29) is 42.6 Å². The Labute approximate surface area is 179 Å².